The second-order valence-corrected chi connectivity index (χ2v) is 4.45. The van der Waals surface area contributed by atoms with Gasteiger partial charge in [0.25, 0.3) is 0 Å². The lowest BCUT2D eigenvalue weighted by atomic mass is 10.1. The molecule has 0 aliphatic heterocycles. The van der Waals surface area contributed by atoms with Crippen LogP contribution in [-0.4, -0.2) is 15.8 Å². The molecule has 0 spiro atoms. The van der Waals surface area contributed by atoms with Crippen molar-refractivity contribution in [3.05, 3.63) is 52.5 Å². The number of imidazole rings is 1. The van der Waals surface area contributed by atoms with Crippen molar-refractivity contribution < 1.29 is 4.79 Å². The Kier molecular flexibility index (Phi) is 3.19. The molecule has 0 unspecified atom stereocenters. The fourth-order valence-corrected chi connectivity index (χ4v) is 1.91. The van der Waals surface area contributed by atoms with Crippen LogP contribution in [0.4, 0.5) is 0 Å². The lowest BCUT2D eigenvalue weighted by Gasteiger charge is -2.14. The van der Waals surface area contributed by atoms with Crippen molar-refractivity contribution in [1.82, 2.24) is 9.55 Å². The van der Waals surface area contributed by atoms with Gasteiger partial charge in [-0.3, -0.25) is 4.79 Å². The Morgan fingerprint density at radius 1 is 1.38 bits per heavy atom. The predicted molar refractivity (Wildman–Crippen MR) is 65.6 cm³/mol. The smallest absolute Gasteiger partial charge is 0.185 e. The van der Waals surface area contributed by atoms with Crippen molar-refractivity contribution in [2.75, 3.05) is 0 Å². The van der Waals surface area contributed by atoms with Gasteiger partial charge in [0.15, 0.2) is 12.1 Å². The Balaban J connectivity index is 2.35. The third-order valence-corrected chi connectivity index (χ3v) is 3.10. The van der Waals surface area contributed by atoms with E-state index in [2.05, 4.69) is 20.9 Å². The van der Waals surface area contributed by atoms with Gasteiger partial charge in [-0.2, -0.15) is 0 Å². The third kappa shape index (κ3) is 2.07. The van der Waals surface area contributed by atoms with Crippen LogP contribution in [0.5, 0.6) is 0 Å². The molecular weight excluding hydrogens is 268 g/mol. The van der Waals surface area contributed by atoms with Gasteiger partial charge in [0.05, 0.1) is 6.04 Å². The van der Waals surface area contributed by atoms with E-state index in [1.54, 1.807) is 6.20 Å². The molecule has 0 radical (unpaired) electrons. The van der Waals surface area contributed by atoms with Crippen LogP contribution in [0, 0.1) is 0 Å². The summed E-state index contributed by atoms with van der Waals surface area (Å²) < 4.78 is 2.90. The van der Waals surface area contributed by atoms with E-state index in [-0.39, 0.29) is 6.04 Å². The summed E-state index contributed by atoms with van der Waals surface area (Å²) in [6.07, 6.45) is 4.23. The maximum absolute atomic E-state index is 10.8. The summed E-state index contributed by atoms with van der Waals surface area (Å²) in [5.74, 6) is 0.454. The number of hydrogen-bond donors (Lipinski definition) is 0. The summed E-state index contributed by atoms with van der Waals surface area (Å²) >= 11 is 3.40. The number of aldehydes is 1. The molecule has 16 heavy (non-hydrogen) atoms. The number of hydrogen-bond acceptors (Lipinski definition) is 2. The number of aromatic nitrogens is 2. The number of carbonyl (C=O) groups excluding carboxylic acids is 1. The van der Waals surface area contributed by atoms with E-state index in [1.807, 2.05) is 42.0 Å². The van der Waals surface area contributed by atoms with E-state index in [4.69, 9.17) is 0 Å². The minimum Gasteiger partial charge on any atom is -0.322 e. The van der Waals surface area contributed by atoms with Crippen molar-refractivity contribution in [3.8, 4) is 0 Å². The molecule has 2 rings (SSSR count). The topological polar surface area (TPSA) is 34.9 Å². The predicted octanol–water partition coefficient (Wildman–Crippen LogP) is 3.07. The number of rotatable bonds is 3. The molecule has 0 saturated heterocycles. The zero-order chi connectivity index (χ0) is 11.5. The molecular formula is C12H11BrN2O. The van der Waals surface area contributed by atoms with E-state index < -0.39 is 0 Å². The molecule has 1 heterocycles. The summed E-state index contributed by atoms with van der Waals surface area (Å²) in [6.45, 7) is 2.04. The molecule has 1 aromatic heterocycles. The van der Waals surface area contributed by atoms with E-state index in [9.17, 15) is 4.79 Å². The van der Waals surface area contributed by atoms with E-state index in [0.717, 1.165) is 16.3 Å². The van der Waals surface area contributed by atoms with Crippen LogP contribution in [0.1, 0.15) is 29.1 Å². The van der Waals surface area contributed by atoms with Crippen molar-refractivity contribution >= 4 is 22.2 Å². The number of nitrogens with zero attached hydrogens (tertiary/aromatic N) is 2. The van der Waals surface area contributed by atoms with Crippen LogP contribution < -0.4 is 0 Å². The first-order valence-electron chi connectivity index (χ1n) is 4.96. The van der Waals surface area contributed by atoms with Gasteiger partial charge < -0.3 is 4.57 Å². The highest BCUT2D eigenvalue weighted by Gasteiger charge is 2.10. The SMILES string of the molecule is C[C@@H](c1ccc(Br)cc1)n1ccnc1C=O. The molecule has 0 amide bonds. The lowest BCUT2D eigenvalue weighted by molar-refractivity contribution is 0.111. The molecule has 4 heteroatoms. The molecule has 0 bridgehead atoms. The van der Waals surface area contributed by atoms with Gasteiger partial charge in [-0.05, 0) is 24.6 Å². The summed E-state index contributed by atoms with van der Waals surface area (Å²) in [5.41, 5.74) is 1.14. The van der Waals surface area contributed by atoms with Crippen LogP contribution in [0.25, 0.3) is 0 Å². The van der Waals surface area contributed by atoms with Crippen LogP contribution in [0.3, 0.4) is 0 Å². The zero-order valence-corrected chi connectivity index (χ0v) is 10.4. The van der Waals surface area contributed by atoms with Gasteiger partial charge in [0.2, 0.25) is 0 Å². The molecule has 3 nitrogen and oxygen atoms in total. The van der Waals surface area contributed by atoms with Gasteiger partial charge in [0.1, 0.15) is 0 Å². The zero-order valence-electron chi connectivity index (χ0n) is 8.80. The maximum Gasteiger partial charge on any atom is 0.185 e. The van der Waals surface area contributed by atoms with E-state index in [1.165, 1.54) is 0 Å². The molecule has 1 aromatic carbocycles. The summed E-state index contributed by atoms with van der Waals surface area (Å²) in [7, 11) is 0. The summed E-state index contributed by atoms with van der Waals surface area (Å²) in [4.78, 5) is 14.8. The average molecular weight is 279 g/mol. The monoisotopic (exact) mass is 278 g/mol. The molecule has 0 N–H and O–H groups in total. The van der Waals surface area contributed by atoms with Crippen molar-refractivity contribution in [2.24, 2.45) is 0 Å². The van der Waals surface area contributed by atoms with Crippen LogP contribution in [0.2, 0.25) is 0 Å². The Morgan fingerprint density at radius 3 is 2.69 bits per heavy atom. The van der Waals surface area contributed by atoms with Crippen LogP contribution in [-0.2, 0) is 0 Å². The van der Waals surface area contributed by atoms with Gasteiger partial charge in [-0.1, -0.05) is 28.1 Å². The Bertz CT molecular complexity index is 490. The first-order valence-corrected chi connectivity index (χ1v) is 5.75. The maximum atomic E-state index is 10.8. The quantitative estimate of drug-likeness (QED) is 0.809. The number of carbonyl (C=O) groups is 1. The minimum atomic E-state index is 0.107. The molecule has 0 aliphatic carbocycles. The highest BCUT2D eigenvalue weighted by atomic mass is 79.9. The number of halogens is 1. The Morgan fingerprint density at radius 2 is 2.06 bits per heavy atom. The third-order valence-electron chi connectivity index (χ3n) is 2.57. The van der Waals surface area contributed by atoms with Gasteiger partial charge in [0, 0.05) is 16.9 Å². The molecule has 1 atom stereocenters. The van der Waals surface area contributed by atoms with Crippen LogP contribution >= 0.6 is 15.9 Å². The molecule has 82 valence electrons. The standard InChI is InChI=1S/C12H11BrN2O/c1-9(10-2-4-11(13)5-3-10)15-7-6-14-12(15)8-16/h2-9H,1H3/t9-/m0/s1. The molecule has 0 aliphatic rings. The van der Waals surface area contributed by atoms with Crippen LogP contribution in [0.15, 0.2) is 41.1 Å². The van der Waals surface area contributed by atoms with Gasteiger partial charge in [-0.15, -0.1) is 0 Å². The van der Waals surface area contributed by atoms with Crippen molar-refractivity contribution in [1.29, 1.82) is 0 Å². The highest BCUT2D eigenvalue weighted by Crippen LogP contribution is 2.20. The average Bonchev–Trinajstić information content (AvgIpc) is 2.77. The fraction of sp³-hybridized carbons (Fsp3) is 0.167. The largest absolute Gasteiger partial charge is 0.322 e. The van der Waals surface area contributed by atoms with Gasteiger partial charge >= 0.3 is 0 Å². The molecule has 2 aromatic rings. The molecule has 0 saturated carbocycles. The summed E-state index contributed by atoms with van der Waals surface area (Å²) in [5, 5.41) is 0. The van der Waals surface area contributed by atoms with Gasteiger partial charge in [-0.25, -0.2) is 4.98 Å². The minimum absolute atomic E-state index is 0.107. The Labute approximate surface area is 102 Å². The molecule has 0 fully saturated rings. The van der Waals surface area contributed by atoms with E-state index in [0.29, 0.717) is 5.82 Å². The second kappa shape index (κ2) is 4.61. The summed E-state index contributed by atoms with van der Waals surface area (Å²) in [6, 6.07) is 8.15. The first kappa shape index (κ1) is 11.1. The first-order chi connectivity index (χ1) is 7.72. The fourth-order valence-electron chi connectivity index (χ4n) is 1.65. The Hall–Kier alpha value is -1.42. The lowest BCUT2D eigenvalue weighted by Crippen LogP contribution is -2.09. The highest BCUT2D eigenvalue weighted by molar-refractivity contribution is 9.10. The van der Waals surface area contributed by atoms with Crippen molar-refractivity contribution in [2.45, 2.75) is 13.0 Å². The van der Waals surface area contributed by atoms with Crippen molar-refractivity contribution in [3.63, 3.8) is 0 Å². The van der Waals surface area contributed by atoms with E-state index >= 15 is 0 Å². The normalized spacial score (nSPS) is 12.4. The second-order valence-electron chi connectivity index (χ2n) is 3.54. The number of benzene rings is 1.